The molecule has 0 aliphatic rings. The van der Waals surface area contributed by atoms with Crippen molar-refractivity contribution in [3.8, 4) is 17.6 Å². The average Bonchev–Trinajstić information content (AvgIpc) is 2.87. The zero-order valence-electron chi connectivity index (χ0n) is 19.5. The van der Waals surface area contributed by atoms with E-state index in [1.807, 2.05) is 12.1 Å². The minimum absolute atomic E-state index is 0.0223. The van der Waals surface area contributed by atoms with Gasteiger partial charge in [0.1, 0.15) is 5.75 Å². The molecule has 0 spiro atoms. The summed E-state index contributed by atoms with van der Waals surface area (Å²) in [5.74, 6) is 0.292. The van der Waals surface area contributed by atoms with Gasteiger partial charge in [-0.1, -0.05) is 18.2 Å². The molecule has 188 valence electrons. The third-order valence-electron chi connectivity index (χ3n) is 4.53. The number of para-hydroxylation sites is 1. The van der Waals surface area contributed by atoms with E-state index in [-0.39, 0.29) is 27.7 Å². The number of rotatable bonds is 9. The van der Waals surface area contributed by atoms with Gasteiger partial charge < -0.3 is 19.5 Å². The zero-order chi connectivity index (χ0) is 26.1. The summed E-state index contributed by atoms with van der Waals surface area (Å²) in [6, 6.07) is 14.2. The van der Waals surface area contributed by atoms with E-state index in [2.05, 4.69) is 25.3 Å². The normalized spacial score (nSPS) is 11.0. The van der Waals surface area contributed by atoms with Gasteiger partial charge in [0.05, 0.1) is 26.2 Å². The van der Waals surface area contributed by atoms with Crippen molar-refractivity contribution in [3.05, 3.63) is 66.2 Å². The first-order valence-electron chi connectivity index (χ1n) is 10.3. The Kier molecular flexibility index (Phi) is 8.76. The standard InChI is InChI=1S/C23H23N5O6S2/c1-32-18-7-5-4-6-15(18)8-13-20(29)26-23(35)24-16-9-11-17(12-10-16)36(30,31)28-19-14-21(33-2)27-22(25-19)34-3/h4-14H,1-3H3,(H,25,27,28)(H2,24,26,29,35)/b13-8+. The predicted molar refractivity (Wildman–Crippen MR) is 139 cm³/mol. The summed E-state index contributed by atoms with van der Waals surface area (Å²) >= 11 is 5.16. The average molecular weight is 530 g/mol. The molecule has 0 bridgehead atoms. The predicted octanol–water partition coefficient (Wildman–Crippen LogP) is 2.83. The number of amides is 1. The molecule has 1 amide bonds. The van der Waals surface area contributed by atoms with Gasteiger partial charge in [0.25, 0.3) is 10.0 Å². The van der Waals surface area contributed by atoms with Crippen LogP contribution in [0.15, 0.2) is 65.6 Å². The highest BCUT2D eigenvalue weighted by Crippen LogP contribution is 2.22. The van der Waals surface area contributed by atoms with Gasteiger partial charge in [-0.2, -0.15) is 9.97 Å². The highest BCUT2D eigenvalue weighted by Gasteiger charge is 2.17. The van der Waals surface area contributed by atoms with E-state index >= 15 is 0 Å². The topological polar surface area (TPSA) is 141 Å². The fourth-order valence-electron chi connectivity index (χ4n) is 2.85. The molecule has 11 nitrogen and oxygen atoms in total. The van der Waals surface area contributed by atoms with E-state index in [1.54, 1.807) is 25.3 Å². The molecular formula is C23H23N5O6S2. The van der Waals surface area contributed by atoms with E-state index in [9.17, 15) is 13.2 Å². The Hall–Kier alpha value is -4.23. The summed E-state index contributed by atoms with van der Waals surface area (Å²) in [5, 5.41) is 5.38. The lowest BCUT2D eigenvalue weighted by molar-refractivity contribution is -0.115. The fourth-order valence-corrected chi connectivity index (χ4v) is 4.06. The largest absolute Gasteiger partial charge is 0.496 e. The number of aromatic nitrogens is 2. The van der Waals surface area contributed by atoms with Crippen LogP contribution in [0.3, 0.4) is 0 Å². The number of hydrogen-bond acceptors (Lipinski definition) is 9. The van der Waals surface area contributed by atoms with Crippen molar-refractivity contribution in [2.45, 2.75) is 4.90 Å². The molecule has 2 aromatic carbocycles. The van der Waals surface area contributed by atoms with Crippen molar-refractivity contribution in [1.82, 2.24) is 15.3 Å². The number of sulfonamides is 1. The minimum Gasteiger partial charge on any atom is -0.496 e. The van der Waals surface area contributed by atoms with Crippen molar-refractivity contribution in [2.75, 3.05) is 31.4 Å². The van der Waals surface area contributed by atoms with Crippen molar-refractivity contribution < 1.29 is 27.4 Å². The highest BCUT2D eigenvalue weighted by atomic mass is 32.2. The number of anilines is 2. The molecule has 0 aliphatic carbocycles. The van der Waals surface area contributed by atoms with Gasteiger partial charge in [-0.15, -0.1) is 0 Å². The number of thiocarbonyl (C=S) groups is 1. The van der Waals surface area contributed by atoms with Crippen LogP contribution in [0.25, 0.3) is 6.08 Å². The van der Waals surface area contributed by atoms with Crippen LogP contribution in [0.4, 0.5) is 11.5 Å². The molecule has 0 fully saturated rings. The van der Waals surface area contributed by atoms with E-state index in [0.29, 0.717) is 11.4 Å². The Balaban J connectivity index is 1.61. The molecule has 0 radical (unpaired) electrons. The van der Waals surface area contributed by atoms with Crippen LogP contribution in [-0.2, 0) is 14.8 Å². The molecule has 3 aromatic rings. The molecule has 0 atom stereocenters. The second-order valence-corrected chi connectivity index (χ2v) is 9.02. The first-order valence-corrected chi connectivity index (χ1v) is 12.2. The molecule has 13 heteroatoms. The molecule has 36 heavy (non-hydrogen) atoms. The first kappa shape index (κ1) is 26.4. The second-order valence-electron chi connectivity index (χ2n) is 6.93. The Bertz CT molecular complexity index is 1360. The van der Waals surface area contributed by atoms with Crippen LogP contribution in [0, 0.1) is 0 Å². The number of nitrogens with one attached hydrogen (secondary N) is 3. The lowest BCUT2D eigenvalue weighted by Crippen LogP contribution is -2.32. The maximum Gasteiger partial charge on any atom is 0.321 e. The van der Waals surface area contributed by atoms with Gasteiger partial charge in [-0.3, -0.25) is 14.8 Å². The molecule has 3 N–H and O–H groups in total. The molecule has 0 saturated carbocycles. The van der Waals surface area contributed by atoms with Gasteiger partial charge in [0.15, 0.2) is 10.9 Å². The van der Waals surface area contributed by atoms with Crippen molar-refractivity contribution in [3.63, 3.8) is 0 Å². The number of carbonyl (C=O) groups is 1. The first-order chi connectivity index (χ1) is 17.2. The maximum absolute atomic E-state index is 12.7. The Morgan fingerprint density at radius 2 is 1.69 bits per heavy atom. The van der Waals surface area contributed by atoms with Gasteiger partial charge in [0, 0.05) is 23.4 Å². The van der Waals surface area contributed by atoms with Gasteiger partial charge in [0.2, 0.25) is 11.8 Å². The molecule has 1 heterocycles. The Morgan fingerprint density at radius 3 is 2.36 bits per heavy atom. The van der Waals surface area contributed by atoms with E-state index in [1.165, 1.54) is 50.6 Å². The number of carbonyl (C=O) groups excluding carboxylic acids is 1. The second kappa shape index (κ2) is 12.0. The number of ether oxygens (including phenoxy) is 3. The van der Waals surface area contributed by atoms with Crippen LogP contribution in [0.2, 0.25) is 0 Å². The fraction of sp³-hybridized carbons (Fsp3) is 0.130. The monoisotopic (exact) mass is 529 g/mol. The molecule has 1 aromatic heterocycles. The summed E-state index contributed by atoms with van der Waals surface area (Å²) in [5.41, 5.74) is 1.21. The van der Waals surface area contributed by atoms with Crippen molar-refractivity contribution >= 4 is 50.8 Å². The lowest BCUT2D eigenvalue weighted by Gasteiger charge is -2.11. The van der Waals surface area contributed by atoms with E-state index in [4.69, 9.17) is 26.4 Å². The molecule has 0 saturated heterocycles. The third-order valence-corrected chi connectivity index (χ3v) is 6.10. The summed E-state index contributed by atoms with van der Waals surface area (Å²) in [4.78, 5) is 20.0. The Morgan fingerprint density at radius 1 is 0.972 bits per heavy atom. The summed E-state index contributed by atoms with van der Waals surface area (Å²) in [7, 11) is 0.310. The summed E-state index contributed by atoms with van der Waals surface area (Å²) in [6.07, 6.45) is 2.93. The molecular weight excluding hydrogens is 506 g/mol. The SMILES string of the molecule is COc1cc(NS(=O)(=O)c2ccc(NC(=S)NC(=O)/C=C/c3ccccc3OC)cc2)nc(OC)n1. The van der Waals surface area contributed by atoms with Crippen molar-refractivity contribution in [1.29, 1.82) is 0 Å². The van der Waals surface area contributed by atoms with Gasteiger partial charge in [-0.05, 0) is 48.6 Å². The Labute approximate surface area is 213 Å². The van der Waals surface area contributed by atoms with Gasteiger partial charge >= 0.3 is 6.01 Å². The number of methoxy groups -OCH3 is 3. The molecule has 0 aliphatic heterocycles. The van der Waals surface area contributed by atoms with Crippen LogP contribution in [-0.4, -0.2) is 50.7 Å². The van der Waals surface area contributed by atoms with Crippen molar-refractivity contribution in [2.24, 2.45) is 0 Å². The van der Waals surface area contributed by atoms with Gasteiger partial charge in [-0.25, -0.2) is 8.42 Å². The zero-order valence-corrected chi connectivity index (χ0v) is 21.1. The smallest absolute Gasteiger partial charge is 0.321 e. The maximum atomic E-state index is 12.7. The molecule has 3 rings (SSSR count). The quantitative estimate of drug-likeness (QED) is 0.280. The highest BCUT2D eigenvalue weighted by molar-refractivity contribution is 7.92. The van der Waals surface area contributed by atoms with Crippen LogP contribution in [0.1, 0.15) is 5.56 Å². The van der Waals surface area contributed by atoms with E-state index < -0.39 is 15.9 Å². The number of nitrogens with zero attached hydrogens (tertiary/aromatic N) is 2. The molecule has 0 unspecified atom stereocenters. The number of hydrogen-bond donors (Lipinski definition) is 3. The summed E-state index contributed by atoms with van der Waals surface area (Å²) in [6.45, 7) is 0. The van der Waals surface area contributed by atoms with Crippen LogP contribution < -0.4 is 29.6 Å². The van der Waals surface area contributed by atoms with Crippen LogP contribution >= 0.6 is 12.2 Å². The lowest BCUT2D eigenvalue weighted by atomic mass is 10.2. The van der Waals surface area contributed by atoms with Crippen LogP contribution in [0.5, 0.6) is 17.6 Å². The van der Waals surface area contributed by atoms with E-state index in [0.717, 1.165) is 5.56 Å². The minimum atomic E-state index is -3.97. The number of benzene rings is 2. The third kappa shape index (κ3) is 7.13. The summed E-state index contributed by atoms with van der Waals surface area (Å²) < 4.78 is 43.0.